The molecule has 0 radical (unpaired) electrons. The van der Waals surface area contributed by atoms with E-state index in [-0.39, 0.29) is 0 Å². The van der Waals surface area contributed by atoms with E-state index in [4.69, 9.17) is 0 Å². The normalized spacial score (nSPS) is 14.0. The zero-order valence-electron chi connectivity index (χ0n) is 6.43. The van der Waals surface area contributed by atoms with Gasteiger partial charge in [-0.15, -0.1) is 0 Å². The highest BCUT2D eigenvalue weighted by Crippen LogP contribution is 2.05. The summed E-state index contributed by atoms with van der Waals surface area (Å²) in [5.41, 5.74) is 0. The highest BCUT2D eigenvalue weighted by molar-refractivity contribution is 4.98. The molecule has 0 fully saturated rings. The minimum atomic E-state index is 0.716. The summed E-state index contributed by atoms with van der Waals surface area (Å²) in [6.07, 6.45) is 8.58. The van der Waals surface area contributed by atoms with Crippen molar-refractivity contribution in [3.05, 3.63) is 24.8 Å². The maximum absolute atomic E-state index is 3.61. The maximum Gasteiger partial charge on any atom is -0.0259 e. The third kappa shape index (κ3) is 5.35. The fourth-order valence-electron chi connectivity index (χ4n) is 0.820. The topological polar surface area (TPSA) is 0 Å². The monoisotopic (exact) mass is 124 g/mol. The van der Waals surface area contributed by atoms with Crippen molar-refractivity contribution in [3.8, 4) is 0 Å². The van der Waals surface area contributed by atoms with E-state index >= 15 is 0 Å². The SMILES string of the molecule is C=C/C=C/C(C)CCC. The second kappa shape index (κ2) is 5.61. The molecule has 1 unspecified atom stereocenters. The van der Waals surface area contributed by atoms with Gasteiger partial charge in [0.1, 0.15) is 0 Å². The van der Waals surface area contributed by atoms with Gasteiger partial charge in [0.2, 0.25) is 0 Å². The molecule has 0 saturated heterocycles. The molecule has 0 aromatic carbocycles. The number of hydrogen-bond acceptors (Lipinski definition) is 0. The molecule has 0 amide bonds. The third-order valence-corrected chi connectivity index (χ3v) is 1.32. The Balaban J connectivity index is 3.35. The van der Waals surface area contributed by atoms with E-state index in [1.54, 1.807) is 0 Å². The van der Waals surface area contributed by atoms with Gasteiger partial charge < -0.3 is 0 Å². The fraction of sp³-hybridized carbons (Fsp3) is 0.556. The molecule has 0 saturated carbocycles. The van der Waals surface area contributed by atoms with Crippen LogP contribution in [0.25, 0.3) is 0 Å². The Morgan fingerprint density at radius 1 is 1.56 bits per heavy atom. The lowest BCUT2D eigenvalue weighted by Crippen LogP contribution is -1.85. The molecule has 0 bridgehead atoms. The van der Waals surface area contributed by atoms with Crippen LogP contribution >= 0.6 is 0 Å². The summed E-state index contributed by atoms with van der Waals surface area (Å²) in [5.74, 6) is 0.716. The molecule has 0 aromatic heterocycles. The van der Waals surface area contributed by atoms with Gasteiger partial charge >= 0.3 is 0 Å². The minimum absolute atomic E-state index is 0.716. The van der Waals surface area contributed by atoms with Crippen molar-refractivity contribution in [2.45, 2.75) is 26.7 Å². The van der Waals surface area contributed by atoms with E-state index in [2.05, 4.69) is 26.5 Å². The van der Waals surface area contributed by atoms with E-state index in [1.165, 1.54) is 12.8 Å². The molecule has 0 spiro atoms. The predicted octanol–water partition coefficient (Wildman–Crippen LogP) is 3.16. The van der Waals surface area contributed by atoms with Crippen LogP contribution in [0.4, 0.5) is 0 Å². The fourth-order valence-corrected chi connectivity index (χ4v) is 0.820. The summed E-state index contributed by atoms with van der Waals surface area (Å²) in [6, 6.07) is 0. The summed E-state index contributed by atoms with van der Waals surface area (Å²) >= 11 is 0. The second-order valence-electron chi connectivity index (χ2n) is 2.39. The van der Waals surface area contributed by atoms with Gasteiger partial charge in [-0.3, -0.25) is 0 Å². The van der Waals surface area contributed by atoms with Crippen molar-refractivity contribution in [1.82, 2.24) is 0 Å². The summed E-state index contributed by atoms with van der Waals surface area (Å²) in [4.78, 5) is 0. The number of rotatable bonds is 4. The predicted molar refractivity (Wildman–Crippen MR) is 43.4 cm³/mol. The van der Waals surface area contributed by atoms with Gasteiger partial charge in [0, 0.05) is 0 Å². The van der Waals surface area contributed by atoms with Gasteiger partial charge in [0.15, 0.2) is 0 Å². The van der Waals surface area contributed by atoms with Crippen LogP contribution in [0.1, 0.15) is 26.7 Å². The molecule has 0 heterocycles. The highest BCUT2D eigenvalue weighted by atomic mass is 14.0. The van der Waals surface area contributed by atoms with Crippen molar-refractivity contribution in [2.24, 2.45) is 5.92 Å². The molecule has 0 heteroatoms. The van der Waals surface area contributed by atoms with E-state index in [9.17, 15) is 0 Å². The molecular weight excluding hydrogens is 108 g/mol. The van der Waals surface area contributed by atoms with Crippen molar-refractivity contribution in [3.63, 3.8) is 0 Å². The van der Waals surface area contributed by atoms with Crippen LogP contribution in [0.3, 0.4) is 0 Å². The molecule has 0 aromatic rings. The maximum atomic E-state index is 3.61. The molecule has 0 rings (SSSR count). The van der Waals surface area contributed by atoms with Crippen molar-refractivity contribution in [2.75, 3.05) is 0 Å². The van der Waals surface area contributed by atoms with E-state index in [1.807, 2.05) is 12.2 Å². The lowest BCUT2D eigenvalue weighted by molar-refractivity contribution is 0.634. The van der Waals surface area contributed by atoms with Crippen molar-refractivity contribution >= 4 is 0 Å². The average Bonchev–Trinajstić information content (AvgIpc) is 1.85. The van der Waals surface area contributed by atoms with Gasteiger partial charge in [0.25, 0.3) is 0 Å². The van der Waals surface area contributed by atoms with Crippen LogP contribution in [0.15, 0.2) is 24.8 Å². The second-order valence-corrected chi connectivity index (χ2v) is 2.39. The zero-order valence-corrected chi connectivity index (χ0v) is 6.43. The first-order valence-corrected chi connectivity index (χ1v) is 3.60. The van der Waals surface area contributed by atoms with Gasteiger partial charge in [-0.2, -0.15) is 0 Å². The van der Waals surface area contributed by atoms with Crippen LogP contribution in [-0.2, 0) is 0 Å². The largest absolute Gasteiger partial charge is 0.0991 e. The standard InChI is InChI=1S/C9H16/c1-4-6-8-9(3)7-5-2/h4,6,8-9H,1,5,7H2,2-3H3/b8-6+. The summed E-state index contributed by atoms with van der Waals surface area (Å²) < 4.78 is 0. The van der Waals surface area contributed by atoms with Crippen LogP contribution in [0.2, 0.25) is 0 Å². The van der Waals surface area contributed by atoms with E-state index in [0.29, 0.717) is 5.92 Å². The molecular formula is C9H16. The van der Waals surface area contributed by atoms with E-state index < -0.39 is 0 Å². The summed E-state index contributed by atoms with van der Waals surface area (Å²) in [7, 11) is 0. The van der Waals surface area contributed by atoms with Gasteiger partial charge in [-0.05, 0) is 12.3 Å². The first-order chi connectivity index (χ1) is 4.31. The lowest BCUT2D eigenvalue weighted by atomic mass is 10.1. The summed E-state index contributed by atoms with van der Waals surface area (Å²) in [5, 5.41) is 0. The first-order valence-electron chi connectivity index (χ1n) is 3.60. The van der Waals surface area contributed by atoms with E-state index in [0.717, 1.165) is 0 Å². The molecule has 9 heavy (non-hydrogen) atoms. The molecule has 0 aliphatic rings. The molecule has 0 N–H and O–H groups in total. The molecule has 52 valence electrons. The van der Waals surface area contributed by atoms with Crippen LogP contribution in [-0.4, -0.2) is 0 Å². The number of allylic oxidation sites excluding steroid dienone is 3. The molecule has 0 nitrogen and oxygen atoms in total. The van der Waals surface area contributed by atoms with Crippen molar-refractivity contribution in [1.29, 1.82) is 0 Å². The Bertz CT molecular complexity index is 90.2. The Labute approximate surface area is 58.3 Å². The van der Waals surface area contributed by atoms with Gasteiger partial charge in [0.05, 0.1) is 0 Å². The first kappa shape index (κ1) is 8.48. The highest BCUT2D eigenvalue weighted by Gasteiger charge is 1.90. The minimum Gasteiger partial charge on any atom is -0.0991 e. The molecule has 0 aliphatic heterocycles. The van der Waals surface area contributed by atoms with Crippen LogP contribution in [0.5, 0.6) is 0 Å². The Morgan fingerprint density at radius 2 is 2.22 bits per heavy atom. The van der Waals surface area contributed by atoms with Crippen LogP contribution in [0, 0.1) is 5.92 Å². The van der Waals surface area contributed by atoms with Crippen molar-refractivity contribution < 1.29 is 0 Å². The van der Waals surface area contributed by atoms with Gasteiger partial charge in [-0.1, -0.05) is 45.1 Å². The molecule has 1 atom stereocenters. The summed E-state index contributed by atoms with van der Waals surface area (Å²) in [6.45, 7) is 8.04. The smallest absolute Gasteiger partial charge is 0.0259 e. The Morgan fingerprint density at radius 3 is 2.67 bits per heavy atom. The third-order valence-electron chi connectivity index (χ3n) is 1.32. The Hall–Kier alpha value is -0.520. The zero-order chi connectivity index (χ0) is 7.11. The number of hydrogen-bond donors (Lipinski definition) is 0. The average molecular weight is 124 g/mol. The molecule has 0 aliphatic carbocycles. The lowest BCUT2D eigenvalue weighted by Gasteiger charge is -1.99. The Kier molecular flexibility index (Phi) is 5.29. The van der Waals surface area contributed by atoms with Gasteiger partial charge in [-0.25, -0.2) is 0 Å². The quantitative estimate of drug-likeness (QED) is 0.505. The van der Waals surface area contributed by atoms with Crippen LogP contribution < -0.4 is 0 Å².